The number of nitrogens with one attached hydrogen (secondary N) is 2. The van der Waals surface area contributed by atoms with Gasteiger partial charge in [0.2, 0.25) is 0 Å². The van der Waals surface area contributed by atoms with E-state index in [0.717, 1.165) is 36.0 Å². The first kappa shape index (κ1) is 17.9. The van der Waals surface area contributed by atoms with Gasteiger partial charge in [0.1, 0.15) is 0 Å². The zero-order valence-electron chi connectivity index (χ0n) is 14.2. The third kappa shape index (κ3) is 5.90. The van der Waals surface area contributed by atoms with Crippen LogP contribution in [-0.2, 0) is 6.42 Å². The highest BCUT2D eigenvalue weighted by molar-refractivity contribution is 7.80. The molecule has 5 heteroatoms. The van der Waals surface area contributed by atoms with Crippen LogP contribution < -0.4 is 20.1 Å². The maximum Gasteiger partial charge on any atom is 0.166 e. The number of thiocarbonyl (C=S) groups is 1. The second kappa shape index (κ2) is 9.60. The number of rotatable bonds is 7. The predicted octanol–water partition coefficient (Wildman–Crippen LogP) is 3.43. The van der Waals surface area contributed by atoms with E-state index in [1.165, 1.54) is 37.7 Å². The van der Waals surface area contributed by atoms with E-state index in [2.05, 4.69) is 16.7 Å². The smallest absolute Gasteiger partial charge is 0.166 e. The van der Waals surface area contributed by atoms with E-state index >= 15 is 0 Å². The Bertz CT molecular complexity index is 502. The topological polar surface area (TPSA) is 42.5 Å². The molecule has 0 amide bonds. The van der Waals surface area contributed by atoms with E-state index < -0.39 is 0 Å². The number of benzene rings is 1. The van der Waals surface area contributed by atoms with Gasteiger partial charge in [-0.15, -0.1) is 0 Å². The predicted molar refractivity (Wildman–Crippen MR) is 98.5 cm³/mol. The van der Waals surface area contributed by atoms with Crippen LogP contribution in [0.3, 0.4) is 0 Å². The molecule has 2 N–H and O–H groups in total. The second-order valence-corrected chi connectivity index (χ2v) is 6.44. The molecule has 0 saturated heterocycles. The number of hydrogen-bond acceptors (Lipinski definition) is 3. The summed E-state index contributed by atoms with van der Waals surface area (Å²) in [6, 6.07) is 6.64. The first-order valence-corrected chi connectivity index (χ1v) is 8.89. The standard InChI is InChI=1S/C18H28N2O2S/c1-21-16-11-10-14(13-17(16)22-2)7-6-12-19-18(23)20-15-8-4-3-5-9-15/h10-11,13,15H,3-9,12H2,1-2H3,(H2,19,20,23). The number of ether oxygens (including phenoxy) is 2. The molecule has 0 unspecified atom stereocenters. The highest BCUT2D eigenvalue weighted by Gasteiger charge is 2.13. The van der Waals surface area contributed by atoms with E-state index in [-0.39, 0.29) is 0 Å². The van der Waals surface area contributed by atoms with Gasteiger partial charge in [-0.05, 0) is 55.6 Å². The van der Waals surface area contributed by atoms with Crippen LogP contribution in [0.4, 0.5) is 0 Å². The molecule has 0 heterocycles. The summed E-state index contributed by atoms with van der Waals surface area (Å²) in [5.41, 5.74) is 1.25. The van der Waals surface area contributed by atoms with Crippen LogP contribution in [0, 0.1) is 0 Å². The van der Waals surface area contributed by atoms with E-state index in [9.17, 15) is 0 Å². The molecule has 0 atom stereocenters. The summed E-state index contributed by atoms with van der Waals surface area (Å²) in [6.07, 6.45) is 8.51. The molecule has 0 aromatic heterocycles. The van der Waals surface area contributed by atoms with Crippen molar-refractivity contribution in [1.82, 2.24) is 10.6 Å². The lowest BCUT2D eigenvalue weighted by molar-refractivity contribution is 0.354. The highest BCUT2D eigenvalue weighted by Crippen LogP contribution is 2.27. The second-order valence-electron chi connectivity index (χ2n) is 6.03. The Balaban J connectivity index is 1.67. The summed E-state index contributed by atoms with van der Waals surface area (Å²) in [5, 5.41) is 7.55. The van der Waals surface area contributed by atoms with Gasteiger partial charge in [-0.2, -0.15) is 0 Å². The lowest BCUT2D eigenvalue weighted by Crippen LogP contribution is -2.43. The molecule has 1 aromatic carbocycles. The first-order chi connectivity index (χ1) is 11.2. The van der Waals surface area contributed by atoms with Crippen molar-refractivity contribution in [2.45, 2.75) is 51.0 Å². The molecular weight excluding hydrogens is 308 g/mol. The lowest BCUT2D eigenvalue weighted by atomic mass is 9.96. The van der Waals surface area contributed by atoms with Gasteiger partial charge in [0.05, 0.1) is 14.2 Å². The van der Waals surface area contributed by atoms with Crippen molar-refractivity contribution >= 4 is 17.3 Å². The van der Waals surface area contributed by atoms with Gasteiger partial charge in [-0.1, -0.05) is 25.3 Å². The van der Waals surface area contributed by atoms with Crippen LogP contribution in [-0.4, -0.2) is 31.9 Å². The van der Waals surface area contributed by atoms with Crippen LogP contribution in [0.5, 0.6) is 11.5 Å². The van der Waals surface area contributed by atoms with Crippen molar-refractivity contribution in [2.24, 2.45) is 0 Å². The van der Waals surface area contributed by atoms with Crippen LogP contribution in [0.2, 0.25) is 0 Å². The first-order valence-electron chi connectivity index (χ1n) is 8.48. The third-order valence-corrected chi connectivity index (χ3v) is 4.58. The molecule has 128 valence electrons. The Morgan fingerprint density at radius 1 is 1.13 bits per heavy atom. The maximum atomic E-state index is 5.38. The van der Waals surface area contributed by atoms with Crippen molar-refractivity contribution in [1.29, 1.82) is 0 Å². The van der Waals surface area contributed by atoms with Gasteiger partial charge in [-0.25, -0.2) is 0 Å². The van der Waals surface area contributed by atoms with Crippen LogP contribution in [0.15, 0.2) is 18.2 Å². The van der Waals surface area contributed by atoms with Crippen LogP contribution in [0.25, 0.3) is 0 Å². The van der Waals surface area contributed by atoms with Crippen molar-refractivity contribution in [3.63, 3.8) is 0 Å². The summed E-state index contributed by atoms with van der Waals surface area (Å²) in [5.74, 6) is 1.56. The van der Waals surface area contributed by atoms with Crippen molar-refractivity contribution < 1.29 is 9.47 Å². The summed E-state index contributed by atoms with van der Waals surface area (Å²) in [6.45, 7) is 0.882. The quantitative estimate of drug-likeness (QED) is 0.590. The SMILES string of the molecule is COc1ccc(CCCNC(=S)NC2CCCCC2)cc1OC. The van der Waals surface area contributed by atoms with Crippen LogP contribution >= 0.6 is 12.2 Å². The monoisotopic (exact) mass is 336 g/mol. The Morgan fingerprint density at radius 3 is 2.57 bits per heavy atom. The van der Waals surface area contributed by atoms with Crippen LogP contribution in [0.1, 0.15) is 44.1 Å². The minimum absolute atomic E-state index is 0.564. The van der Waals surface area contributed by atoms with Crippen molar-refractivity contribution in [3.05, 3.63) is 23.8 Å². The summed E-state index contributed by atoms with van der Waals surface area (Å²) in [4.78, 5) is 0. The molecule has 0 aliphatic heterocycles. The average molecular weight is 337 g/mol. The normalized spacial score (nSPS) is 15.0. The molecule has 1 saturated carbocycles. The van der Waals surface area contributed by atoms with Crippen molar-refractivity contribution in [3.8, 4) is 11.5 Å². The largest absolute Gasteiger partial charge is 0.493 e. The molecule has 0 bridgehead atoms. The Labute approximate surface area is 144 Å². The zero-order valence-corrected chi connectivity index (χ0v) is 15.0. The van der Waals surface area contributed by atoms with E-state index in [1.807, 2.05) is 12.1 Å². The fraction of sp³-hybridized carbons (Fsp3) is 0.611. The van der Waals surface area contributed by atoms with Gasteiger partial charge in [0.15, 0.2) is 16.6 Å². The Morgan fingerprint density at radius 2 is 1.87 bits per heavy atom. The molecule has 2 rings (SSSR count). The van der Waals surface area contributed by atoms with Gasteiger partial charge in [-0.3, -0.25) is 0 Å². The fourth-order valence-electron chi connectivity index (χ4n) is 3.01. The number of aryl methyl sites for hydroxylation is 1. The molecule has 4 nitrogen and oxygen atoms in total. The third-order valence-electron chi connectivity index (χ3n) is 4.32. The molecule has 1 fully saturated rings. The molecule has 1 aromatic rings. The Hall–Kier alpha value is -1.49. The van der Waals surface area contributed by atoms with Gasteiger partial charge in [0, 0.05) is 12.6 Å². The zero-order chi connectivity index (χ0) is 16.5. The highest BCUT2D eigenvalue weighted by atomic mass is 32.1. The summed E-state index contributed by atoms with van der Waals surface area (Å²) < 4.78 is 10.6. The minimum Gasteiger partial charge on any atom is -0.493 e. The molecule has 1 aliphatic carbocycles. The summed E-state index contributed by atoms with van der Waals surface area (Å²) >= 11 is 5.38. The molecule has 0 spiro atoms. The molecule has 0 radical (unpaired) electrons. The van der Waals surface area contributed by atoms with E-state index in [1.54, 1.807) is 14.2 Å². The number of methoxy groups -OCH3 is 2. The average Bonchev–Trinajstić information content (AvgIpc) is 2.59. The molecular formula is C18H28N2O2S. The minimum atomic E-state index is 0.564. The van der Waals surface area contributed by atoms with E-state index in [0.29, 0.717) is 6.04 Å². The van der Waals surface area contributed by atoms with Gasteiger partial charge >= 0.3 is 0 Å². The van der Waals surface area contributed by atoms with Gasteiger partial charge in [0.25, 0.3) is 0 Å². The maximum absolute atomic E-state index is 5.38. The van der Waals surface area contributed by atoms with E-state index in [4.69, 9.17) is 21.7 Å². The lowest BCUT2D eigenvalue weighted by Gasteiger charge is -2.24. The summed E-state index contributed by atoms with van der Waals surface area (Å²) in [7, 11) is 3.32. The van der Waals surface area contributed by atoms with Crippen molar-refractivity contribution in [2.75, 3.05) is 20.8 Å². The Kier molecular flexibility index (Phi) is 7.46. The molecule has 1 aliphatic rings. The molecule has 23 heavy (non-hydrogen) atoms. The number of hydrogen-bond donors (Lipinski definition) is 2. The fourth-order valence-corrected chi connectivity index (χ4v) is 3.28. The van der Waals surface area contributed by atoms with Gasteiger partial charge < -0.3 is 20.1 Å².